The van der Waals surface area contributed by atoms with Crippen molar-refractivity contribution in [2.75, 3.05) is 0 Å². The van der Waals surface area contributed by atoms with Gasteiger partial charge in [0.15, 0.2) is 0 Å². The van der Waals surface area contributed by atoms with E-state index in [-0.39, 0.29) is 16.3 Å². The number of sulfonamides is 1. The van der Waals surface area contributed by atoms with Gasteiger partial charge in [0.05, 0.1) is 4.90 Å². The van der Waals surface area contributed by atoms with Crippen molar-refractivity contribution in [2.24, 2.45) is 15.5 Å². The van der Waals surface area contributed by atoms with Crippen molar-refractivity contribution >= 4 is 15.9 Å². The third-order valence-electron chi connectivity index (χ3n) is 4.91. The smallest absolute Gasteiger partial charge is 0.284 e. The minimum absolute atomic E-state index is 0.110. The summed E-state index contributed by atoms with van der Waals surface area (Å²) >= 11 is 0. The molecule has 6 heteroatoms. The number of nitrogens with two attached hydrogens (primary N) is 1. The van der Waals surface area contributed by atoms with E-state index in [2.05, 4.69) is 18.2 Å². The summed E-state index contributed by atoms with van der Waals surface area (Å²) in [5, 5.41) is 0. The molecule has 0 fully saturated rings. The Morgan fingerprint density at radius 1 is 1.12 bits per heavy atom. The zero-order valence-electron chi connectivity index (χ0n) is 16.6. The zero-order chi connectivity index (χ0) is 19.4. The maximum atomic E-state index is 13.0. The molecule has 0 saturated carbocycles. The number of ether oxygens (including phenoxy) is 1. The quantitative estimate of drug-likeness (QED) is 0.637. The summed E-state index contributed by atoms with van der Waals surface area (Å²) in [5.74, 6) is 0.928. The number of amidine groups is 1. The van der Waals surface area contributed by atoms with E-state index in [9.17, 15) is 8.42 Å². The van der Waals surface area contributed by atoms with Gasteiger partial charge in [-0.2, -0.15) is 8.42 Å². The fraction of sp³-hybridized carbons (Fsp3) is 0.632. The molecule has 0 aliphatic carbocycles. The van der Waals surface area contributed by atoms with Crippen LogP contribution in [-0.4, -0.2) is 19.9 Å². The van der Waals surface area contributed by atoms with E-state index in [1.807, 2.05) is 41.5 Å². The second-order valence-electron chi connectivity index (χ2n) is 8.58. The number of benzene rings is 1. The molecule has 5 nitrogen and oxygen atoms in total. The normalized spacial score (nSPS) is 17.8. The SMILES string of the molecule is Cc1c(C)c(S(=O)(=O)/N=C(/N)C(C)(C)C)c(C)c2c1OC(C)(C)CC2. The van der Waals surface area contributed by atoms with Crippen LogP contribution in [0.4, 0.5) is 0 Å². The van der Waals surface area contributed by atoms with Gasteiger partial charge in [-0.3, -0.25) is 0 Å². The van der Waals surface area contributed by atoms with Gasteiger partial charge in [0, 0.05) is 5.41 Å². The van der Waals surface area contributed by atoms with Gasteiger partial charge in [-0.25, -0.2) is 0 Å². The minimum Gasteiger partial charge on any atom is -0.487 e. The highest BCUT2D eigenvalue weighted by Gasteiger charge is 2.33. The van der Waals surface area contributed by atoms with Crippen LogP contribution in [0.15, 0.2) is 9.29 Å². The van der Waals surface area contributed by atoms with Crippen molar-refractivity contribution in [1.82, 2.24) is 0 Å². The Labute approximate surface area is 151 Å². The van der Waals surface area contributed by atoms with Crippen molar-refractivity contribution in [3.63, 3.8) is 0 Å². The Bertz CT molecular complexity index is 845. The number of rotatable bonds is 2. The maximum Gasteiger partial charge on any atom is 0.284 e. The van der Waals surface area contributed by atoms with Crippen LogP contribution < -0.4 is 10.5 Å². The van der Waals surface area contributed by atoms with Crippen LogP contribution in [0.3, 0.4) is 0 Å². The average Bonchev–Trinajstić information content (AvgIpc) is 2.42. The van der Waals surface area contributed by atoms with Gasteiger partial charge in [0.2, 0.25) is 0 Å². The van der Waals surface area contributed by atoms with Crippen molar-refractivity contribution < 1.29 is 13.2 Å². The standard InChI is InChI=1S/C19H30N2O3S/c1-11-12(2)16(25(22,23)21-17(20)18(4,5)6)13(3)14-9-10-19(7,8)24-15(11)14/h9-10H2,1-8H3,(H2,20,21). The Hall–Kier alpha value is -1.56. The molecule has 1 aliphatic heterocycles. The molecular weight excluding hydrogens is 336 g/mol. The van der Waals surface area contributed by atoms with Crippen LogP contribution in [-0.2, 0) is 16.4 Å². The molecule has 1 aromatic rings. The second kappa shape index (κ2) is 6.01. The molecule has 25 heavy (non-hydrogen) atoms. The number of nitrogens with zero attached hydrogens (tertiary/aromatic N) is 1. The molecule has 0 aromatic heterocycles. The molecule has 0 spiro atoms. The fourth-order valence-corrected chi connectivity index (χ4v) is 4.72. The van der Waals surface area contributed by atoms with Crippen LogP contribution in [0, 0.1) is 26.2 Å². The van der Waals surface area contributed by atoms with E-state index in [0.29, 0.717) is 5.56 Å². The highest BCUT2D eigenvalue weighted by atomic mass is 32.2. The molecule has 140 valence electrons. The summed E-state index contributed by atoms with van der Waals surface area (Å²) in [6, 6.07) is 0. The van der Waals surface area contributed by atoms with Crippen LogP contribution in [0.25, 0.3) is 0 Å². The molecule has 0 saturated heterocycles. The van der Waals surface area contributed by atoms with Crippen LogP contribution in [0.2, 0.25) is 0 Å². The van der Waals surface area contributed by atoms with Gasteiger partial charge < -0.3 is 10.5 Å². The van der Waals surface area contributed by atoms with Crippen molar-refractivity contribution in [1.29, 1.82) is 0 Å². The third-order valence-corrected chi connectivity index (χ3v) is 6.48. The number of hydrogen-bond acceptors (Lipinski definition) is 3. The van der Waals surface area contributed by atoms with Gasteiger partial charge in [0.25, 0.3) is 10.0 Å². The molecule has 0 unspecified atom stereocenters. The van der Waals surface area contributed by atoms with Gasteiger partial charge in [0.1, 0.15) is 17.2 Å². The average molecular weight is 367 g/mol. The highest BCUT2D eigenvalue weighted by Crippen LogP contribution is 2.42. The lowest BCUT2D eigenvalue weighted by Gasteiger charge is -2.35. The molecule has 2 rings (SSSR count). The van der Waals surface area contributed by atoms with Crippen molar-refractivity contribution in [3.8, 4) is 5.75 Å². The molecule has 1 heterocycles. The molecule has 0 radical (unpaired) electrons. The summed E-state index contributed by atoms with van der Waals surface area (Å²) in [5.41, 5.74) is 8.40. The Morgan fingerprint density at radius 2 is 1.68 bits per heavy atom. The monoisotopic (exact) mass is 366 g/mol. The third kappa shape index (κ3) is 3.68. The van der Waals surface area contributed by atoms with Gasteiger partial charge in [-0.05, 0) is 69.7 Å². The maximum absolute atomic E-state index is 13.0. The zero-order valence-corrected chi connectivity index (χ0v) is 17.4. The number of hydrogen-bond donors (Lipinski definition) is 1. The van der Waals surface area contributed by atoms with E-state index in [0.717, 1.165) is 35.3 Å². The van der Waals surface area contributed by atoms with Crippen LogP contribution in [0.1, 0.15) is 63.3 Å². The van der Waals surface area contributed by atoms with Gasteiger partial charge in [-0.1, -0.05) is 20.8 Å². The van der Waals surface area contributed by atoms with Crippen molar-refractivity contribution in [2.45, 2.75) is 78.7 Å². The molecule has 0 atom stereocenters. The lowest BCUT2D eigenvalue weighted by molar-refractivity contribution is 0.0832. The Morgan fingerprint density at radius 3 is 2.20 bits per heavy atom. The summed E-state index contributed by atoms with van der Waals surface area (Å²) in [6.45, 7) is 15.2. The predicted molar refractivity (Wildman–Crippen MR) is 102 cm³/mol. The summed E-state index contributed by atoms with van der Waals surface area (Å²) in [7, 11) is -3.88. The lowest BCUT2D eigenvalue weighted by atomic mass is 9.88. The van der Waals surface area contributed by atoms with E-state index < -0.39 is 15.4 Å². The van der Waals surface area contributed by atoms with E-state index in [1.165, 1.54) is 0 Å². The summed E-state index contributed by atoms with van der Waals surface area (Å²) in [6.07, 6.45) is 1.63. The molecule has 0 bridgehead atoms. The molecule has 2 N–H and O–H groups in total. The van der Waals surface area contributed by atoms with Crippen LogP contribution >= 0.6 is 0 Å². The first-order valence-corrected chi connectivity index (χ1v) is 10.0. The first kappa shape index (κ1) is 19.8. The minimum atomic E-state index is -3.88. The van der Waals surface area contributed by atoms with Crippen LogP contribution in [0.5, 0.6) is 5.75 Å². The van der Waals surface area contributed by atoms with Crippen molar-refractivity contribution in [3.05, 3.63) is 22.3 Å². The summed E-state index contributed by atoms with van der Waals surface area (Å²) in [4.78, 5) is 0.263. The molecular formula is C19H30N2O3S. The van der Waals surface area contributed by atoms with E-state index in [1.54, 1.807) is 0 Å². The first-order valence-electron chi connectivity index (χ1n) is 8.60. The Kier molecular flexibility index (Phi) is 4.75. The number of fused-ring (bicyclic) bond motifs is 1. The lowest BCUT2D eigenvalue weighted by Crippen LogP contribution is -2.34. The predicted octanol–water partition coefficient (Wildman–Crippen LogP) is 3.81. The topological polar surface area (TPSA) is 81.8 Å². The van der Waals surface area contributed by atoms with Gasteiger partial charge >= 0.3 is 0 Å². The second-order valence-corrected chi connectivity index (χ2v) is 10.1. The first-order chi connectivity index (χ1) is 11.2. The molecule has 0 amide bonds. The highest BCUT2D eigenvalue weighted by molar-refractivity contribution is 7.90. The van der Waals surface area contributed by atoms with E-state index >= 15 is 0 Å². The summed E-state index contributed by atoms with van der Waals surface area (Å²) < 4.78 is 36.1. The largest absolute Gasteiger partial charge is 0.487 e. The van der Waals surface area contributed by atoms with Gasteiger partial charge in [-0.15, -0.1) is 4.40 Å². The van der Waals surface area contributed by atoms with E-state index in [4.69, 9.17) is 10.5 Å². The fourth-order valence-electron chi connectivity index (χ4n) is 3.05. The Balaban J connectivity index is 2.72. The molecule has 1 aromatic carbocycles. The molecule has 1 aliphatic rings.